The number of hydrogen-bond acceptors (Lipinski definition) is 3. The zero-order valence-electron chi connectivity index (χ0n) is 21.0. The Morgan fingerprint density at radius 3 is 1.54 bits per heavy atom. The van der Waals surface area contributed by atoms with Crippen LogP contribution in [0.2, 0.25) is 0 Å². The summed E-state index contributed by atoms with van der Waals surface area (Å²) in [5.41, 5.74) is 14.0. The first kappa shape index (κ1) is 24.4. The van der Waals surface area contributed by atoms with E-state index in [9.17, 15) is 4.91 Å². The van der Waals surface area contributed by atoms with Gasteiger partial charge in [-0.3, -0.25) is 0 Å². The molecule has 2 aliphatic rings. The van der Waals surface area contributed by atoms with E-state index in [4.69, 9.17) is 12.2 Å². The van der Waals surface area contributed by atoms with Gasteiger partial charge in [0.05, 0.1) is 5.54 Å². The zero-order chi connectivity index (χ0) is 25.9. The first-order valence-electron chi connectivity index (χ1n) is 12.7. The molecule has 182 valence electrons. The van der Waals surface area contributed by atoms with Crippen LogP contribution in [0.5, 0.6) is 0 Å². The zero-order valence-corrected chi connectivity index (χ0v) is 21.0. The number of nitrogens with two attached hydrogens (primary N) is 1. The van der Waals surface area contributed by atoms with Gasteiger partial charge >= 0.3 is 0 Å². The molecule has 4 aromatic rings. The van der Waals surface area contributed by atoms with Crippen LogP contribution >= 0.6 is 0 Å². The van der Waals surface area contributed by atoms with Gasteiger partial charge < -0.3 is 5.73 Å². The molecule has 0 saturated carbocycles. The molecule has 2 N–H and O–H groups in total. The highest BCUT2D eigenvalue weighted by Gasteiger charge is 2.38. The summed E-state index contributed by atoms with van der Waals surface area (Å²) in [6, 6.07) is 32.5. The van der Waals surface area contributed by atoms with Gasteiger partial charge in [-0.05, 0) is 57.8 Å². The maximum atomic E-state index is 11.6. The molecule has 37 heavy (non-hydrogen) atoms. The molecule has 0 heterocycles. The smallest absolute Gasteiger partial charge is 0.213 e. The summed E-state index contributed by atoms with van der Waals surface area (Å²) >= 11 is 0. The molecule has 2 aliphatic carbocycles. The van der Waals surface area contributed by atoms with Crippen molar-refractivity contribution in [3.05, 3.63) is 146 Å². The molecule has 3 nitrogen and oxygen atoms in total. The van der Waals surface area contributed by atoms with Gasteiger partial charge in [-0.25, -0.2) is 0 Å². The molecule has 0 radical (unpaired) electrons. The van der Waals surface area contributed by atoms with Crippen molar-refractivity contribution in [2.75, 3.05) is 0 Å². The lowest BCUT2D eigenvalue weighted by molar-refractivity contribution is 0.516. The number of nitrogens with zero attached hydrogens (tertiary/aromatic N) is 1. The Hall–Kier alpha value is -4.26. The minimum absolute atomic E-state index is 0.330. The van der Waals surface area contributed by atoms with Crippen molar-refractivity contribution in [3.63, 3.8) is 0 Å². The number of aryl methyl sites for hydroxylation is 2. The molecule has 0 atom stereocenters. The lowest BCUT2D eigenvalue weighted by Gasteiger charge is -2.31. The van der Waals surface area contributed by atoms with E-state index in [0.29, 0.717) is 0 Å². The van der Waals surface area contributed by atoms with Crippen molar-refractivity contribution >= 4 is 12.2 Å². The van der Waals surface area contributed by atoms with Crippen molar-refractivity contribution in [3.8, 4) is 12.3 Å². The summed E-state index contributed by atoms with van der Waals surface area (Å²) in [5, 5.41) is 3.31. The van der Waals surface area contributed by atoms with Gasteiger partial charge in [0.2, 0.25) is 5.54 Å². The largest absolute Gasteiger partial charge is 0.318 e. The highest BCUT2D eigenvalue weighted by molar-refractivity contribution is 5.79. The highest BCUT2D eigenvalue weighted by atomic mass is 16.3. The predicted octanol–water partition coefficient (Wildman–Crippen LogP) is 7.21. The van der Waals surface area contributed by atoms with Crippen LogP contribution in [0.15, 0.2) is 102 Å². The van der Waals surface area contributed by atoms with Gasteiger partial charge in [-0.15, -0.1) is 11.3 Å². The first-order valence-corrected chi connectivity index (χ1v) is 12.7. The Balaban J connectivity index is 0.000000152. The minimum atomic E-state index is -1.25. The molecule has 0 fully saturated rings. The molecule has 0 spiro atoms. The molecule has 4 aromatic carbocycles. The van der Waals surface area contributed by atoms with E-state index in [1.165, 1.54) is 22.3 Å². The number of rotatable bonds is 2. The molecule has 0 aliphatic heterocycles. The van der Waals surface area contributed by atoms with Crippen LogP contribution in [-0.2, 0) is 23.9 Å². The van der Waals surface area contributed by atoms with Gasteiger partial charge in [0.25, 0.3) is 0 Å². The van der Waals surface area contributed by atoms with E-state index < -0.39 is 5.54 Å². The lowest BCUT2D eigenvalue weighted by Crippen LogP contribution is -2.38. The topological polar surface area (TPSA) is 55.5 Å². The summed E-state index contributed by atoms with van der Waals surface area (Å²) < 4.78 is 0. The fourth-order valence-corrected chi connectivity index (χ4v) is 5.69. The van der Waals surface area contributed by atoms with Crippen molar-refractivity contribution in [1.29, 1.82) is 0 Å². The third-order valence-electron chi connectivity index (χ3n) is 7.71. The monoisotopic (exact) mass is 482 g/mol. The minimum Gasteiger partial charge on any atom is -0.318 e. The van der Waals surface area contributed by atoms with Crippen molar-refractivity contribution < 1.29 is 0 Å². The summed E-state index contributed by atoms with van der Waals surface area (Å²) in [7, 11) is 0. The van der Waals surface area contributed by atoms with E-state index in [2.05, 4.69) is 66.6 Å². The molecule has 3 heteroatoms. The van der Waals surface area contributed by atoms with Crippen LogP contribution in [0.4, 0.5) is 0 Å². The SMILES string of the molecule is C#CC1(N=O)c2ccccc2C=Cc2ccccc21.CCC1(N)c2ccccc2CCc2ccccc21. The van der Waals surface area contributed by atoms with E-state index in [1.54, 1.807) is 0 Å². The summed E-state index contributed by atoms with van der Waals surface area (Å²) in [4.78, 5) is 11.6. The highest BCUT2D eigenvalue weighted by Crippen LogP contribution is 2.40. The van der Waals surface area contributed by atoms with Crippen LogP contribution in [0.1, 0.15) is 57.9 Å². The average molecular weight is 483 g/mol. The van der Waals surface area contributed by atoms with Crippen LogP contribution in [-0.4, -0.2) is 0 Å². The molecule has 0 bridgehead atoms. The third kappa shape index (κ3) is 4.10. The Morgan fingerprint density at radius 1 is 0.730 bits per heavy atom. The predicted molar refractivity (Wildman–Crippen MR) is 153 cm³/mol. The van der Waals surface area contributed by atoms with Gasteiger partial charge in [-0.2, -0.15) is 0 Å². The Kier molecular flexibility index (Phi) is 6.61. The molecule has 0 saturated heterocycles. The third-order valence-corrected chi connectivity index (χ3v) is 7.71. The maximum Gasteiger partial charge on any atom is 0.213 e. The maximum absolute atomic E-state index is 11.6. The lowest BCUT2D eigenvalue weighted by atomic mass is 9.79. The summed E-state index contributed by atoms with van der Waals surface area (Å²) in [5.74, 6) is 2.60. The van der Waals surface area contributed by atoms with Crippen LogP contribution in [0.25, 0.3) is 12.2 Å². The number of terminal acetylenes is 1. The summed E-state index contributed by atoms with van der Waals surface area (Å²) in [6.45, 7) is 2.18. The van der Waals surface area contributed by atoms with Gasteiger partial charge in [-0.1, -0.05) is 122 Å². The van der Waals surface area contributed by atoms with E-state index in [-0.39, 0.29) is 5.54 Å². The summed E-state index contributed by atoms with van der Waals surface area (Å²) in [6.07, 6.45) is 12.7. The first-order chi connectivity index (χ1) is 18.1. The van der Waals surface area contributed by atoms with E-state index in [1.807, 2.05) is 60.7 Å². The molecule has 6 rings (SSSR count). The fraction of sp³-hybridized carbons (Fsp3) is 0.176. The van der Waals surface area contributed by atoms with Crippen molar-refractivity contribution in [2.45, 2.75) is 37.3 Å². The van der Waals surface area contributed by atoms with Gasteiger partial charge in [0.1, 0.15) is 0 Å². The Bertz CT molecular complexity index is 1430. The fourth-order valence-electron chi connectivity index (χ4n) is 5.69. The number of benzene rings is 4. The average Bonchev–Trinajstić information content (AvgIpc) is 3.19. The Morgan fingerprint density at radius 2 is 1.14 bits per heavy atom. The second-order valence-corrected chi connectivity index (χ2v) is 9.59. The number of hydrogen-bond donors (Lipinski definition) is 1. The van der Waals surface area contributed by atoms with Gasteiger partial charge in [0, 0.05) is 11.1 Å². The molecule has 0 unspecified atom stereocenters. The number of fused-ring (bicyclic) bond motifs is 4. The Labute approximate surface area is 219 Å². The van der Waals surface area contributed by atoms with Gasteiger partial charge in [0.15, 0.2) is 0 Å². The van der Waals surface area contributed by atoms with Crippen LogP contribution in [0, 0.1) is 17.3 Å². The number of nitroso groups, excluding NO2 is 1. The quantitative estimate of drug-likeness (QED) is 0.242. The molecular formula is C34H30N2O. The van der Waals surface area contributed by atoms with E-state index >= 15 is 0 Å². The van der Waals surface area contributed by atoms with Crippen molar-refractivity contribution in [2.24, 2.45) is 10.9 Å². The molecular weight excluding hydrogens is 452 g/mol. The second kappa shape index (κ2) is 10.0. The normalized spacial score (nSPS) is 15.6. The van der Waals surface area contributed by atoms with Crippen LogP contribution < -0.4 is 5.73 Å². The standard InChI is InChI=1S/C17H11NO.C17H19N/c1-2-17(18-19)15-9-5-3-7-13(15)11-12-14-8-4-6-10-16(14)17;1-2-17(18)15-9-5-3-7-13(15)11-12-14-8-4-6-10-16(14)17/h1,3-12H;3-10H,2,11-12,18H2,1H3. The second-order valence-electron chi connectivity index (χ2n) is 9.59. The molecule has 0 amide bonds. The molecule has 0 aromatic heterocycles. The van der Waals surface area contributed by atoms with E-state index in [0.717, 1.165) is 41.5 Å². The van der Waals surface area contributed by atoms with Crippen molar-refractivity contribution in [1.82, 2.24) is 0 Å². The van der Waals surface area contributed by atoms with Crippen LogP contribution in [0.3, 0.4) is 0 Å².